The highest BCUT2D eigenvalue weighted by molar-refractivity contribution is 5.79. The maximum absolute atomic E-state index is 9.98. The molecular weight excluding hydrogens is 146 g/mol. The second-order valence-electron chi connectivity index (χ2n) is 2.66. The Morgan fingerprint density at radius 3 is 2.64 bits per heavy atom. The molecule has 11 heavy (non-hydrogen) atoms. The summed E-state index contributed by atoms with van der Waals surface area (Å²) in [4.78, 5) is 9.98. The number of hydrogen-bond acceptors (Lipinski definition) is 3. The maximum Gasteiger partial charge on any atom is 0.329 e. The van der Waals surface area contributed by atoms with Crippen LogP contribution in [-0.4, -0.2) is 28.3 Å². The predicted molar refractivity (Wildman–Crippen MR) is 38.9 cm³/mol. The van der Waals surface area contributed by atoms with Gasteiger partial charge < -0.3 is 15.5 Å². The van der Waals surface area contributed by atoms with E-state index in [1.54, 1.807) is 0 Å². The van der Waals surface area contributed by atoms with Crippen LogP contribution in [0.1, 0.15) is 12.8 Å². The lowest BCUT2D eigenvalue weighted by Gasteiger charge is -2.31. The van der Waals surface area contributed by atoms with Gasteiger partial charge in [0.2, 0.25) is 0 Å². The minimum Gasteiger partial charge on any atom is -0.478 e. The van der Waals surface area contributed by atoms with E-state index in [1.807, 2.05) is 0 Å². The third kappa shape index (κ3) is 2.59. The number of carboxylic acids is 1. The molecule has 0 heterocycles. The average molecular weight is 157 g/mol. The molecule has 62 valence electrons. The number of aliphatic carboxylic acids is 1. The molecule has 0 amide bonds. The molecule has 0 spiro atoms. The van der Waals surface area contributed by atoms with Crippen molar-refractivity contribution in [3.8, 4) is 0 Å². The van der Waals surface area contributed by atoms with Crippen LogP contribution < -0.4 is 5.32 Å². The van der Waals surface area contributed by atoms with Crippen LogP contribution in [0.3, 0.4) is 0 Å². The molecule has 0 atom stereocenters. The third-order valence-corrected chi connectivity index (χ3v) is 1.67. The van der Waals surface area contributed by atoms with Gasteiger partial charge in [-0.1, -0.05) is 0 Å². The van der Waals surface area contributed by atoms with E-state index in [0.29, 0.717) is 12.8 Å². The van der Waals surface area contributed by atoms with E-state index in [0.717, 1.165) is 6.08 Å². The number of aliphatic hydroxyl groups is 1. The fourth-order valence-electron chi connectivity index (χ4n) is 0.979. The van der Waals surface area contributed by atoms with E-state index < -0.39 is 5.97 Å². The monoisotopic (exact) mass is 157 g/mol. The Bertz CT molecular complexity index is 173. The van der Waals surface area contributed by atoms with Gasteiger partial charge in [-0.3, -0.25) is 0 Å². The lowest BCUT2D eigenvalue weighted by atomic mass is 9.90. The predicted octanol–water partition coefficient (Wildman–Crippen LogP) is -0.302. The minimum absolute atomic E-state index is 0.203. The molecule has 3 N–H and O–H groups in total. The number of nitrogens with one attached hydrogen (secondary N) is 1. The van der Waals surface area contributed by atoms with Crippen molar-refractivity contribution in [2.45, 2.75) is 25.0 Å². The van der Waals surface area contributed by atoms with Crippen LogP contribution in [0.5, 0.6) is 0 Å². The molecule has 0 unspecified atom stereocenters. The van der Waals surface area contributed by atoms with Gasteiger partial charge in [-0.15, -0.1) is 0 Å². The zero-order chi connectivity index (χ0) is 8.27. The van der Waals surface area contributed by atoms with Crippen LogP contribution in [0, 0.1) is 0 Å². The van der Waals surface area contributed by atoms with E-state index in [1.165, 1.54) is 6.20 Å². The van der Waals surface area contributed by atoms with Gasteiger partial charge in [0.15, 0.2) is 0 Å². The largest absolute Gasteiger partial charge is 0.478 e. The van der Waals surface area contributed by atoms with E-state index in [-0.39, 0.29) is 12.1 Å². The van der Waals surface area contributed by atoms with Gasteiger partial charge in [0, 0.05) is 18.3 Å². The number of hydrogen-bond donors (Lipinski definition) is 3. The normalized spacial score (nSPS) is 29.9. The lowest BCUT2D eigenvalue weighted by molar-refractivity contribution is -0.131. The quantitative estimate of drug-likeness (QED) is 0.492. The Labute approximate surface area is 64.5 Å². The van der Waals surface area contributed by atoms with Gasteiger partial charge in [-0.05, 0) is 12.8 Å². The van der Waals surface area contributed by atoms with Crippen LogP contribution in [-0.2, 0) is 4.79 Å². The summed E-state index contributed by atoms with van der Waals surface area (Å²) >= 11 is 0. The fraction of sp³-hybridized carbons (Fsp3) is 0.571. The lowest BCUT2D eigenvalue weighted by Crippen LogP contribution is -2.41. The molecule has 1 rings (SSSR count). The summed E-state index contributed by atoms with van der Waals surface area (Å²) < 4.78 is 0. The molecule has 4 heteroatoms. The summed E-state index contributed by atoms with van der Waals surface area (Å²) in [5, 5.41) is 19.9. The van der Waals surface area contributed by atoms with Gasteiger partial charge in [-0.2, -0.15) is 0 Å². The summed E-state index contributed by atoms with van der Waals surface area (Å²) in [7, 11) is 0. The SMILES string of the molecule is O=C(O)/C=C/NC1CC(O)C1. The summed E-state index contributed by atoms with van der Waals surface area (Å²) in [6.45, 7) is 0. The molecule has 0 radical (unpaired) electrons. The van der Waals surface area contributed by atoms with Gasteiger partial charge in [0.05, 0.1) is 6.10 Å². The zero-order valence-electron chi connectivity index (χ0n) is 6.03. The first-order valence-corrected chi connectivity index (χ1v) is 3.52. The molecule has 1 aliphatic rings. The highest BCUT2D eigenvalue weighted by Gasteiger charge is 2.25. The molecule has 0 aromatic rings. The summed E-state index contributed by atoms with van der Waals surface area (Å²) in [6, 6.07) is 0.251. The van der Waals surface area contributed by atoms with E-state index >= 15 is 0 Å². The number of carboxylic acid groups (broad SMARTS) is 1. The first-order chi connectivity index (χ1) is 5.18. The van der Waals surface area contributed by atoms with E-state index in [9.17, 15) is 4.79 Å². The van der Waals surface area contributed by atoms with Crippen molar-refractivity contribution in [3.05, 3.63) is 12.3 Å². The average Bonchev–Trinajstić information content (AvgIpc) is 1.83. The number of carbonyl (C=O) groups is 1. The third-order valence-electron chi connectivity index (χ3n) is 1.67. The Morgan fingerprint density at radius 1 is 1.55 bits per heavy atom. The van der Waals surface area contributed by atoms with Crippen LogP contribution in [0.15, 0.2) is 12.3 Å². The van der Waals surface area contributed by atoms with Gasteiger partial charge in [-0.25, -0.2) is 4.79 Å². The van der Waals surface area contributed by atoms with E-state index in [4.69, 9.17) is 10.2 Å². The van der Waals surface area contributed by atoms with Crippen molar-refractivity contribution in [2.24, 2.45) is 0 Å². The molecule has 0 bridgehead atoms. The standard InChI is InChI=1S/C7H11NO3/c9-6-3-5(4-6)8-2-1-7(10)11/h1-2,5-6,8-9H,3-4H2,(H,10,11)/b2-1+. The van der Waals surface area contributed by atoms with Crippen molar-refractivity contribution in [1.29, 1.82) is 0 Å². The molecule has 0 aromatic heterocycles. The zero-order valence-corrected chi connectivity index (χ0v) is 6.03. The first kappa shape index (κ1) is 8.07. The number of aliphatic hydroxyl groups excluding tert-OH is 1. The summed E-state index contributed by atoms with van der Waals surface area (Å²) in [6.07, 6.45) is 3.67. The molecule has 4 nitrogen and oxygen atoms in total. The smallest absolute Gasteiger partial charge is 0.329 e. The van der Waals surface area contributed by atoms with E-state index in [2.05, 4.69) is 5.32 Å². The fourth-order valence-corrected chi connectivity index (χ4v) is 0.979. The number of rotatable bonds is 3. The maximum atomic E-state index is 9.98. The van der Waals surface area contributed by atoms with Crippen molar-refractivity contribution in [3.63, 3.8) is 0 Å². The first-order valence-electron chi connectivity index (χ1n) is 3.52. The van der Waals surface area contributed by atoms with Crippen LogP contribution in [0.25, 0.3) is 0 Å². The Morgan fingerprint density at radius 2 is 2.18 bits per heavy atom. The minimum atomic E-state index is -0.961. The topological polar surface area (TPSA) is 69.6 Å². The highest BCUT2D eigenvalue weighted by Crippen LogP contribution is 2.18. The van der Waals surface area contributed by atoms with Crippen molar-refractivity contribution < 1.29 is 15.0 Å². The van der Waals surface area contributed by atoms with Crippen molar-refractivity contribution in [1.82, 2.24) is 5.32 Å². The second-order valence-corrected chi connectivity index (χ2v) is 2.66. The molecule has 0 saturated heterocycles. The molecule has 0 aromatic carbocycles. The molecule has 1 fully saturated rings. The van der Waals surface area contributed by atoms with Crippen LogP contribution in [0.4, 0.5) is 0 Å². The summed E-state index contributed by atoms with van der Waals surface area (Å²) in [5.41, 5.74) is 0. The molecule has 1 aliphatic carbocycles. The van der Waals surface area contributed by atoms with Crippen LogP contribution >= 0.6 is 0 Å². The Hall–Kier alpha value is -1.03. The molecule has 0 aliphatic heterocycles. The summed E-state index contributed by atoms with van der Waals surface area (Å²) in [5.74, 6) is -0.961. The Kier molecular flexibility index (Phi) is 2.48. The molecule has 1 saturated carbocycles. The van der Waals surface area contributed by atoms with Crippen molar-refractivity contribution in [2.75, 3.05) is 0 Å². The van der Waals surface area contributed by atoms with Crippen molar-refractivity contribution >= 4 is 5.97 Å². The second kappa shape index (κ2) is 3.39. The van der Waals surface area contributed by atoms with Crippen LogP contribution in [0.2, 0.25) is 0 Å². The Balaban J connectivity index is 2.09. The van der Waals surface area contributed by atoms with Gasteiger partial charge in [0.1, 0.15) is 0 Å². The highest BCUT2D eigenvalue weighted by atomic mass is 16.4. The van der Waals surface area contributed by atoms with Gasteiger partial charge >= 0.3 is 5.97 Å². The molecular formula is C7H11NO3. The van der Waals surface area contributed by atoms with Gasteiger partial charge in [0.25, 0.3) is 0 Å².